The molecule has 6 heteroatoms. The summed E-state index contributed by atoms with van der Waals surface area (Å²) in [5, 5.41) is 5.01. The minimum atomic E-state index is -0.544. The fourth-order valence-electron chi connectivity index (χ4n) is 3.93. The third kappa shape index (κ3) is 2.91. The van der Waals surface area contributed by atoms with Gasteiger partial charge >= 0.3 is 5.97 Å². The molecule has 2 atom stereocenters. The van der Waals surface area contributed by atoms with Gasteiger partial charge in [-0.1, -0.05) is 49.1 Å². The van der Waals surface area contributed by atoms with Crippen molar-refractivity contribution >= 4 is 34.9 Å². The Bertz CT molecular complexity index is 702. The molecule has 0 heterocycles. The van der Waals surface area contributed by atoms with Gasteiger partial charge in [0, 0.05) is 10.4 Å². The lowest BCUT2D eigenvalue weighted by molar-refractivity contribution is -0.146. The fraction of sp³-hybridized carbons (Fsp3) is 0.556. The lowest BCUT2D eigenvalue weighted by Crippen LogP contribution is -2.32. The average Bonchev–Trinajstić information content (AvgIpc) is 2.85. The molecule has 0 unspecified atom stereocenters. The molecular formula is C18H21Cl2NO3. The zero-order valence-corrected chi connectivity index (χ0v) is 15.6. The Morgan fingerprint density at radius 3 is 2.67 bits per heavy atom. The summed E-state index contributed by atoms with van der Waals surface area (Å²) in [4.78, 5) is 17.0. The predicted octanol–water partition coefficient (Wildman–Crippen LogP) is 5.12. The zero-order chi connectivity index (χ0) is 17.5. The Kier molecular flexibility index (Phi) is 4.56. The van der Waals surface area contributed by atoms with Gasteiger partial charge in [-0.05, 0) is 48.8 Å². The van der Waals surface area contributed by atoms with E-state index < -0.39 is 5.97 Å². The molecule has 0 amide bonds. The van der Waals surface area contributed by atoms with Gasteiger partial charge in [-0.15, -0.1) is 0 Å². The van der Waals surface area contributed by atoms with E-state index in [1.807, 2.05) is 0 Å². The van der Waals surface area contributed by atoms with Gasteiger partial charge in [0.05, 0.1) is 10.7 Å². The van der Waals surface area contributed by atoms with E-state index in [4.69, 9.17) is 32.8 Å². The van der Waals surface area contributed by atoms with E-state index in [9.17, 15) is 4.79 Å². The molecule has 24 heavy (non-hydrogen) atoms. The van der Waals surface area contributed by atoms with Crippen LogP contribution in [0.25, 0.3) is 0 Å². The molecule has 130 valence electrons. The van der Waals surface area contributed by atoms with Crippen LogP contribution in [0.2, 0.25) is 10.0 Å². The smallest absolute Gasteiger partial charge is 0.372 e. The Morgan fingerprint density at radius 1 is 1.33 bits per heavy atom. The topological polar surface area (TPSA) is 47.9 Å². The first-order valence-electron chi connectivity index (χ1n) is 8.09. The van der Waals surface area contributed by atoms with Crippen molar-refractivity contribution in [2.24, 2.45) is 21.9 Å². The standard InChI is InChI=1S/C18H21Cl2NO3/c1-17(2)11-6-7-18(17,3)15(8-11)21-24-16(22)10-23-14-5-4-12(19)9-13(14)20/h4-5,9,11H,6-8,10H2,1-3H3/b21-15+/t11-,18+/m0/s1. The third-order valence-corrected chi connectivity index (χ3v) is 6.54. The van der Waals surface area contributed by atoms with Crippen LogP contribution in [0.4, 0.5) is 0 Å². The Balaban J connectivity index is 1.58. The minimum absolute atomic E-state index is 0.0122. The van der Waals surface area contributed by atoms with E-state index in [2.05, 4.69) is 25.9 Å². The monoisotopic (exact) mass is 369 g/mol. The average molecular weight is 370 g/mol. The maximum Gasteiger partial charge on any atom is 0.372 e. The number of nitrogens with zero attached hydrogens (tertiary/aromatic N) is 1. The summed E-state index contributed by atoms with van der Waals surface area (Å²) in [6.45, 7) is 6.53. The number of fused-ring (bicyclic) bond motifs is 2. The highest BCUT2D eigenvalue weighted by molar-refractivity contribution is 6.35. The van der Waals surface area contributed by atoms with Crippen molar-refractivity contribution in [3.05, 3.63) is 28.2 Å². The van der Waals surface area contributed by atoms with Gasteiger partial charge < -0.3 is 9.57 Å². The Morgan fingerprint density at radius 2 is 2.08 bits per heavy atom. The molecule has 1 aromatic carbocycles. The summed E-state index contributed by atoms with van der Waals surface area (Å²) < 4.78 is 5.36. The van der Waals surface area contributed by atoms with E-state index in [1.165, 1.54) is 6.42 Å². The van der Waals surface area contributed by atoms with Gasteiger partial charge in [0.15, 0.2) is 6.61 Å². The van der Waals surface area contributed by atoms with Gasteiger partial charge in [0.2, 0.25) is 0 Å². The van der Waals surface area contributed by atoms with E-state index in [0.29, 0.717) is 21.7 Å². The van der Waals surface area contributed by atoms with Crippen molar-refractivity contribution in [3.63, 3.8) is 0 Å². The first kappa shape index (κ1) is 17.6. The molecule has 2 bridgehead atoms. The van der Waals surface area contributed by atoms with Gasteiger partial charge in [0.25, 0.3) is 0 Å². The molecule has 0 radical (unpaired) electrons. The summed E-state index contributed by atoms with van der Waals surface area (Å²) in [6.07, 6.45) is 3.22. The van der Waals surface area contributed by atoms with Crippen molar-refractivity contribution in [2.75, 3.05) is 6.61 Å². The van der Waals surface area contributed by atoms with Crippen LogP contribution in [-0.4, -0.2) is 18.3 Å². The van der Waals surface area contributed by atoms with Crippen molar-refractivity contribution < 1.29 is 14.4 Å². The maximum atomic E-state index is 11.9. The second-order valence-electron chi connectivity index (χ2n) is 7.36. The summed E-state index contributed by atoms with van der Waals surface area (Å²) in [7, 11) is 0. The summed E-state index contributed by atoms with van der Waals surface area (Å²) >= 11 is 11.8. The number of hydrogen-bond acceptors (Lipinski definition) is 4. The number of halogens is 2. The molecule has 2 aliphatic rings. The van der Waals surface area contributed by atoms with Crippen LogP contribution >= 0.6 is 23.2 Å². The molecule has 4 nitrogen and oxygen atoms in total. The van der Waals surface area contributed by atoms with Crippen LogP contribution in [0, 0.1) is 16.7 Å². The highest BCUT2D eigenvalue weighted by atomic mass is 35.5. The van der Waals surface area contributed by atoms with Gasteiger partial charge in [-0.3, -0.25) is 0 Å². The van der Waals surface area contributed by atoms with Crippen LogP contribution in [-0.2, 0) is 9.63 Å². The first-order chi connectivity index (χ1) is 11.2. The fourth-order valence-corrected chi connectivity index (χ4v) is 4.39. The molecule has 0 aromatic heterocycles. The van der Waals surface area contributed by atoms with E-state index in [0.717, 1.165) is 18.6 Å². The van der Waals surface area contributed by atoms with Crippen molar-refractivity contribution in [3.8, 4) is 5.75 Å². The molecule has 3 rings (SSSR count). The summed E-state index contributed by atoms with van der Waals surface area (Å²) in [6, 6.07) is 4.82. The van der Waals surface area contributed by atoms with E-state index in [-0.39, 0.29) is 17.4 Å². The predicted molar refractivity (Wildman–Crippen MR) is 94.7 cm³/mol. The lowest BCUT2D eigenvalue weighted by atomic mass is 9.70. The second-order valence-corrected chi connectivity index (χ2v) is 8.20. The van der Waals surface area contributed by atoms with Crippen molar-refractivity contribution in [1.29, 1.82) is 0 Å². The summed E-state index contributed by atoms with van der Waals surface area (Å²) in [5.41, 5.74) is 1.20. The van der Waals surface area contributed by atoms with Crippen molar-refractivity contribution in [1.82, 2.24) is 0 Å². The van der Waals surface area contributed by atoms with Crippen molar-refractivity contribution in [2.45, 2.75) is 40.0 Å². The van der Waals surface area contributed by atoms with Gasteiger partial charge in [-0.2, -0.15) is 0 Å². The second kappa shape index (κ2) is 6.23. The first-order valence-corrected chi connectivity index (χ1v) is 8.84. The molecule has 1 aromatic rings. The van der Waals surface area contributed by atoms with Gasteiger partial charge in [-0.25, -0.2) is 4.79 Å². The number of oxime groups is 1. The molecule has 0 spiro atoms. The highest BCUT2D eigenvalue weighted by Crippen LogP contribution is 2.63. The lowest BCUT2D eigenvalue weighted by Gasteiger charge is -2.34. The molecule has 0 N–H and O–H groups in total. The molecular weight excluding hydrogens is 349 g/mol. The molecule has 2 fully saturated rings. The number of carbonyl (C=O) groups excluding carboxylic acids is 1. The van der Waals surface area contributed by atoms with E-state index >= 15 is 0 Å². The van der Waals surface area contributed by atoms with Crippen LogP contribution < -0.4 is 4.74 Å². The highest BCUT2D eigenvalue weighted by Gasteiger charge is 2.60. The largest absolute Gasteiger partial charge is 0.480 e. The normalized spacial score (nSPS) is 29.0. The van der Waals surface area contributed by atoms with E-state index in [1.54, 1.807) is 18.2 Å². The Labute approximate surface area is 152 Å². The number of rotatable bonds is 4. The van der Waals surface area contributed by atoms with Crippen LogP contribution in [0.15, 0.2) is 23.4 Å². The maximum absolute atomic E-state index is 11.9. The number of benzene rings is 1. The molecule has 0 saturated heterocycles. The Hall–Kier alpha value is -1.26. The molecule has 2 saturated carbocycles. The van der Waals surface area contributed by atoms with Crippen LogP contribution in [0.1, 0.15) is 40.0 Å². The summed E-state index contributed by atoms with van der Waals surface area (Å²) in [5.74, 6) is 0.459. The number of carbonyl (C=O) groups is 1. The number of ether oxygens (including phenoxy) is 1. The quantitative estimate of drug-likeness (QED) is 0.546. The third-order valence-electron chi connectivity index (χ3n) is 6.01. The number of hydrogen-bond donors (Lipinski definition) is 0. The molecule has 2 aliphatic carbocycles. The minimum Gasteiger partial charge on any atom is -0.480 e. The van der Waals surface area contributed by atoms with Crippen LogP contribution in [0.3, 0.4) is 0 Å². The van der Waals surface area contributed by atoms with Gasteiger partial charge in [0.1, 0.15) is 5.75 Å². The van der Waals surface area contributed by atoms with Crippen LogP contribution in [0.5, 0.6) is 5.75 Å². The SMILES string of the molecule is CC1(C)[C@H]2CC[C@]1(C)/C(=N/OC(=O)COc1ccc(Cl)cc1Cl)C2. The zero-order valence-electron chi connectivity index (χ0n) is 14.1. The molecule has 0 aliphatic heterocycles.